The van der Waals surface area contributed by atoms with Gasteiger partial charge in [0.05, 0.1) is 12.2 Å². The zero-order chi connectivity index (χ0) is 25.4. The Bertz CT molecular complexity index is 1320. The molecular weight excluding hydrogens is 478 g/mol. The lowest BCUT2D eigenvalue weighted by molar-refractivity contribution is -0.153. The van der Waals surface area contributed by atoms with Crippen molar-refractivity contribution in [3.05, 3.63) is 77.2 Å². The first kappa shape index (κ1) is 23.8. The Morgan fingerprint density at radius 2 is 1.72 bits per heavy atom. The molecule has 2 aliphatic heterocycles. The molecule has 3 heterocycles. The minimum atomic E-state index is -4.61. The quantitative estimate of drug-likeness (QED) is 0.452. The van der Waals surface area contributed by atoms with E-state index >= 15 is 0 Å². The van der Waals surface area contributed by atoms with Crippen LogP contribution in [-0.2, 0) is 6.54 Å². The first-order valence-corrected chi connectivity index (χ1v) is 11.4. The van der Waals surface area contributed by atoms with Gasteiger partial charge in [-0.2, -0.15) is 13.2 Å². The first-order valence-electron chi connectivity index (χ1n) is 11.4. The molecule has 3 aromatic rings. The Labute approximate surface area is 204 Å². The van der Waals surface area contributed by atoms with Gasteiger partial charge in [-0.15, -0.1) is 0 Å². The number of carbonyl (C=O) groups excluding carboxylic acids is 2. The van der Waals surface area contributed by atoms with Gasteiger partial charge in [0.1, 0.15) is 11.6 Å². The number of aromatic nitrogens is 1. The van der Waals surface area contributed by atoms with E-state index in [1.165, 1.54) is 23.2 Å². The number of benzene rings is 2. The van der Waals surface area contributed by atoms with Gasteiger partial charge in [0.15, 0.2) is 6.61 Å². The molecule has 0 radical (unpaired) electrons. The Hall–Kier alpha value is -3.95. The van der Waals surface area contributed by atoms with Gasteiger partial charge >= 0.3 is 6.18 Å². The van der Waals surface area contributed by atoms with Crippen LogP contribution in [0.2, 0.25) is 0 Å². The summed E-state index contributed by atoms with van der Waals surface area (Å²) in [6, 6.07) is 11.5. The van der Waals surface area contributed by atoms with Gasteiger partial charge in [0, 0.05) is 53.3 Å². The van der Waals surface area contributed by atoms with Crippen LogP contribution in [0.5, 0.6) is 5.75 Å². The zero-order valence-corrected chi connectivity index (χ0v) is 19.0. The molecule has 186 valence electrons. The van der Waals surface area contributed by atoms with Gasteiger partial charge in [0.2, 0.25) is 0 Å². The second kappa shape index (κ2) is 9.25. The van der Waals surface area contributed by atoms with Crippen molar-refractivity contribution in [3.63, 3.8) is 0 Å². The molecule has 10 heteroatoms. The molecule has 5 rings (SSSR count). The van der Waals surface area contributed by atoms with E-state index in [0.717, 1.165) is 38.1 Å². The number of hydrogen-bond acceptors (Lipinski definition) is 4. The van der Waals surface area contributed by atoms with Crippen LogP contribution in [-0.4, -0.2) is 47.6 Å². The third kappa shape index (κ3) is 4.62. The molecule has 0 bridgehead atoms. The maximum atomic E-state index is 13.8. The average molecular weight is 499 g/mol. The van der Waals surface area contributed by atoms with Crippen LogP contribution in [0.3, 0.4) is 0 Å². The fourth-order valence-electron chi connectivity index (χ4n) is 4.53. The van der Waals surface area contributed by atoms with Crippen molar-refractivity contribution in [1.29, 1.82) is 0 Å². The number of amides is 2. The highest BCUT2D eigenvalue weighted by Gasteiger charge is 2.33. The molecule has 1 aromatic heterocycles. The Morgan fingerprint density at radius 1 is 1.00 bits per heavy atom. The van der Waals surface area contributed by atoms with Gasteiger partial charge in [0.25, 0.3) is 11.8 Å². The first-order chi connectivity index (χ1) is 17.2. The van der Waals surface area contributed by atoms with Crippen molar-refractivity contribution < 1.29 is 31.9 Å². The number of ether oxygens (including phenoxy) is 1. The lowest BCUT2D eigenvalue weighted by atomic mass is 10.0. The van der Waals surface area contributed by atoms with E-state index in [1.54, 1.807) is 29.2 Å². The SMILES string of the molecule is O=C(c1ccc(N2Cc3c(ccnc3-c3ccc(F)cc3OCC(F)(F)F)C2=O)cc1)N1CCCC1. The summed E-state index contributed by atoms with van der Waals surface area (Å²) in [5.74, 6) is -1.44. The van der Waals surface area contributed by atoms with Crippen molar-refractivity contribution in [1.82, 2.24) is 9.88 Å². The fourth-order valence-corrected chi connectivity index (χ4v) is 4.53. The van der Waals surface area contributed by atoms with E-state index in [4.69, 9.17) is 4.74 Å². The van der Waals surface area contributed by atoms with Gasteiger partial charge in [-0.1, -0.05) is 0 Å². The van der Waals surface area contributed by atoms with E-state index in [1.807, 2.05) is 0 Å². The number of rotatable bonds is 5. The summed E-state index contributed by atoms with van der Waals surface area (Å²) in [4.78, 5) is 33.4. The summed E-state index contributed by atoms with van der Waals surface area (Å²) in [6.45, 7) is -0.0262. The molecule has 2 aromatic carbocycles. The molecule has 0 atom stereocenters. The molecule has 0 N–H and O–H groups in total. The van der Waals surface area contributed by atoms with Crippen LogP contribution in [0.1, 0.15) is 39.1 Å². The topological polar surface area (TPSA) is 62.7 Å². The van der Waals surface area contributed by atoms with Crippen LogP contribution in [0, 0.1) is 5.82 Å². The largest absolute Gasteiger partial charge is 0.483 e. The maximum absolute atomic E-state index is 13.8. The van der Waals surface area contributed by atoms with Crippen LogP contribution in [0.25, 0.3) is 11.3 Å². The minimum Gasteiger partial charge on any atom is -0.483 e. The number of nitrogens with zero attached hydrogens (tertiary/aromatic N) is 3. The third-order valence-corrected chi connectivity index (χ3v) is 6.26. The van der Waals surface area contributed by atoms with Crippen LogP contribution in [0.15, 0.2) is 54.7 Å². The predicted molar refractivity (Wildman–Crippen MR) is 123 cm³/mol. The lowest BCUT2D eigenvalue weighted by Gasteiger charge is -2.18. The second-order valence-electron chi connectivity index (χ2n) is 8.67. The average Bonchev–Trinajstić information content (AvgIpc) is 3.51. The maximum Gasteiger partial charge on any atom is 0.422 e. The van der Waals surface area contributed by atoms with Crippen LogP contribution in [0.4, 0.5) is 23.2 Å². The molecule has 0 saturated carbocycles. The summed E-state index contributed by atoms with van der Waals surface area (Å²) in [5, 5.41) is 0. The normalized spacial score (nSPS) is 15.4. The standard InChI is InChI=1S/C26H21F4N3O3/c27-17-5-8-20(22(13-17)36-15-26(28,29)30)23-21-14-33(25(35)19(21)9-10-31-23)18-6-3-16(4-7-18)24(34)32-11-1-2-12-32/h3-10,13H,1-2,11-12,14-15H2. The molecule has 0 unspecified atom stereocenters. The summed E-state index contributed by atoms with van der Waals surface area (Å²) in [6.07, 6.45) is -1.26. The summed E-state index contributed by atoms with van der Waals surface area (Å²) >= 11 is 0. The highest BCUT2D eigenvalue weighted by Crippen LogP contribution is 2.38. The number of halogens is 4. The molecule has 6 nitrogen and oxygen atoms in total. The molecule has 0 spiro atoms. The fraction of sp³-hybridized carbons (Fsp3) is 0.269. The smallest absolute Gasteiger partial charge is 0.422 e. The van der Waals surface area contributed by atoms with Crippen molar-refractivity contribution >= 4 is 17.5 Å². The van der Waals surface area contributed by atoms with E-state index < -0.39 is 18.6 Å². The van der Waals surface area contributed by atoms with Crippen molar-refractivity contribution in [2.75, 3.05) is 24.6 Å². The van der Waals surface area contributed by atoms with Gasteiger partial charge < -0.3 is 14.5 Å². The molecule has 1 fully saturated rings. The van der Waals surface area contributed by atoms with Crippen LogP contribution >= 0.6 is 0 Å². The highest BCUT2D eigenvalue weighted by molar-refractivity contribution is 6.11. The summed E-state index contributed by atoms with van der Waals surface area (Å²) < 4.78 is 56.9. The molecular formula is C26H21F4N3O3. The third-order valence-electron chi connectivity index (χ3n) is 6.26. The molecule has 2 amide bonds. The van der Waals surface area contributed by atoms with Gasteiger partial charge in [-0.25, -0.2) is 4.39 Å². The predicted octanol–water partition coefficient (Wildman–Crippen LogP) is 5.23. The van der Waals surface area contributed by atoms with Crippen LogP contribution < -0.4 is 9.64 Å². The monoisotopic (exact) mass is 499 g/mol. The number of pyridine rings is 1. The van der Waals surface area contributed by atoms with Crippen molar-refractivity contribution in [2.24, 2.45) is 0 Å². The van der Waals surface area contributed by atoms with E-state index in [9.17, 15) is 27.2 Å². The van der Waals surface area contributed by atoms with Gasteiger partial charge in [-0.05, 0) is 55.3 Å². The van der Waals surface area contributed by atoms with E-state index in [2.05, 4.69) is 4.98 Å². The van der Waals surface area contributed by atoms with Gasteiger partial charge in [-0.3, -0.25) is 14.6 Å². The number of alkyl halides is 3. The zero-order valence-electron chi connectivity index (χ0n) is 19.0. The Morgan fingerprint density at radius 3 is 2.42 bits per heavy atom. The highest BCUT2D eigenvalue weighted by atomic mass is 19.4. The summed E-state index contributed by atoms with van der Waals surface area (Å²) in [7, 11) is 0. The number of hydrogen-bond donors (Lipinski definition) is 0. The summed E-state index contributed by atoms with van der Waals surface area (Å²) in [5.41, 5.74) is 2.31. The second-order valence-corrected chi connectivity index (χ2v) is 8.67. The van der Waals surface area contributed by atoms with E-state index in [0.29, 0.717) is 22.4 Å². The number of fused-ring (bicyclic) bond motifs is 1. The molecule has 2 aliphatic rings. The van der Waals surface area contributed by atoms with Crippen molar-refractivity contribution in [2.45, 2.75) is 25.6 Å². The number of anilines is 1. The lowest BCUT2D eigenvalue weighted by Crippen LogP contribution is -2.27. The Balaban J connectivity index is 1.43. The van der Waals surface area contributed by atoms with E-state index in [-0.39, 0.29) is 35.4 Å². The minimum absolute atomic E-state index is 0.0516. The molecule has 36 heavy (non-hydrogen) atoms. The Kier molecular flexibility index (Phi) is 6.11. The number of likely N-dealkylation sites (tertiary alicyclic amines) is 1. The van der Waals surface area contributed by atoms with Crippen molar-refractivity contribution in [3.8, 4) is 17.0 Å². The molecule has 1 saturated heterocycles. The molecule has 0 aliphatic carbocycles. The number of carbonyl (C=O) groups is 2.